The van der Waals surface area contributed by atoms with Gasteiger partial charge in [-0.3, -0.25) is 0 Å². The lowest BCUT2D eigenvalue weighted by Gasteiger charge is -2.45. The Morgan fingerprint density at radius 1 is 0.151 bits per heavy atom. The molecule has 2 aliphatic heterocycles. The van der Waals surface area contributed by atoms with E-state index in [1.165, 1.54) is 212 Å². The highest BCUT2D eigenvalue weighted by atomic mass is 15.2. The van der Waals surface area contributed by atoms with Crippen LogP contribution in [-0.4, -0.2) is 0 Å². The van der Waals surface area contributed by atoms with Crippen molar-refractivity contribution < 1.29 is 0 Å². The van der Waals surface area contributed by atoms with Gasteiger partial charge in [-0.05, 0) is 334 Å². The largest absolute Gasteiger partial charge is 0.310 e. The molecule has 0 radical (unpaired) electrons. The van der Waals surface area contributed by atoms with E-state index in [0.29, 0.717) is 0 Å². The average Bonchev–Trinajstić information content (AvgIpc) is 1.53. The van der Waals surface area contributed by atoms with Crippen LogP contribution in [0.15, 0.2) is 473 Å². The number of para-hydroxylation sites is 7. The Balaban J connectivity index is 0.510. The normalized spacial score (nSPS) is 14.8. The molecule has 0 bridgehead atoms. The van der Waals surface area contributed by atoms with Gasteiger partial charge in [0.2, 0.25) is 0 Å². The van der Waals surface area contributed by atoms with Crippen LogP contribution in [0.3, 0.4) is 0 Å². The lowest BCUT2D eigenvalue weighted by molar-refractivity contribution is 0.660. The maximum absolute atomic E-state index is 2.58. The quantitative estimate of drug-likeness (QED) is 0.121. The van der Waals surface area contributed by atoms with E-state index in [9.17, 15) is 0 Å². The monoisotopic (exact) mass is 1770 g/mol. The van der Waals surface area contributed by atoms with Gasteiger partial charge in [0.15, 0.2) is 0 Å². The van der Waals surface area contributed by atoms with Gasteiger partial charge in [0.25, 0.3) is 0 Å². The van der Waals surface area contributed by atoms with E-state index in [4.69, 9.17) is 0 Å². The highest BCUT2D eigenvalue weighted by molar-refractivity contribution is 6.07. The first-order valence-corrected chi connectivity index (χ1v) is 49.0. The minimum Gasteiger partial charge on any atom is -0.310 e. The molecule has 0 fully saturated rings. The fraction of sp³-hybridized carbons (Fsp3) is 0.0815. The fourth-order valence-electron chi connectivity index (χ4n) is 26.1. The standard InChI is InChI=1S/C135H96N4/c1-131(2)119-77-87(85-34-11-7-12-35-85)58-66-105(119)108-70-62-95(81-123(108)131)137(98-65-73-112-104-47-22-24-49-114(104)135(126(112)84-98)117-52-27-31-56-129(117)139(93-42-17-10-18-43-93)130-57-32-28-53-118(130)135)96-63-71-109-106-67-59-88(78-120(106)132(3,4)124(109)82-96)86-36-33-37-89(76-86)99-74-75-100(102-45-20-19-44-101(99)102)90-60-68-107-110-69-61-94(80-122(110)133(5,6)121(107)79-90)136(91-38-13-8-14-39-91)97-64-72-111-103-46-21-23-48-113(103)134(125(111)83-97)115-50-25-29-54-127(115)138(92-40-15-9-16-41-92)128-55-30-26-51-116(128)134/h7-84H,1-6H3. The third-order valence-corrected chi connectivity index (χ3v) is 32.4. The minimum absolute atomic E-state index is 0.294. The molecule has 7 aliphatic rings. The van der Waals surface area contributed by atoms with Crippen molar-refractivity contribution in [1.29, 1.82) is 0 Å². The van der Waals surface area contributed by atoms with Crippen LogP contribution in [0, 0.1) is 0 Å². The van der Waals surface area contributed by atoms with Gasteiger partial charge >= 0.3 is 0 Å². The van der Waals surface area contributed by atoms with Crippen LogP contribution in [0.4, 0.5) is 68.2 Å². The van der Waals surface area contributed by atoms with Gasteiger partial charge < -0.3 is 19.6 Å². The molecule has 2 spiro atoms. The summed E-state index contributed by atoms with van der Waals surface area (Å²) in [6.45, 7) is 14.6. The summed E-state index contributed by atoms with van der Waals surface area (Å²) in [7, 11) is 0. The molecule has 21 aromatic carbocycles. The molecule has 4 nitrogen and oxygen atoms in total. The molecular formula is C135H96N4. The number of fused-ring (bicyclic) bond motifs is 28. The molecular weight excluding hydrogens is 1680 g/mol. The molecule has 21 aromatic rings. The van der Waals surface area contributed by atoms with Gasteiger partial charge in [0.05, 0.1) is 33.6 Å². The van der Waals surface area contributed by atoms with Crippen LogP contribution in [-0.2, 0) is 27.1 Å². The number of benzene rings is 21. The van der Waals surface area contributed by atoms with Crippen molar-refractivity contribution in [2.45, 2.75) is 68.6 Å². The average molecular weight is 1770 g/mol. The number of rotatable bonds is 12. The molecule has 4 heteroatoms. The van der Waals surface area contributed by atoms with Gasteiger partial charge in [-0.2, -0.15) is 0 Å². The van der Waals surface area contributed by atoms with Crippen molar-refractivity contribution in [3.8, 4) is 100 Å². The van der Waals surface area contributed by atoms with Crippen molar-refractivity contribution in [1.82, 2.24) is 0 Å². The fourth-order valence-corrected chi connectivity index (χ4v) is 26.1. The molecule has 656 valence electrons. The Morgan fingerprint density at radius 3 is 0.791 bits per heavy atom. The molecule has 0 saturated heterocycles. The highest BCUT2D eigenvalue weighted by Crippen LogP contribution is 2.68. The van der Waals surface area contributed by atoms with E-state index in [1.54, 1.807) is 0 Å². The summed E-state index contributed by atoms with van der Waals surface area (Å²) in [5.41, 5.74) is 52.0. The zero-order valence-corrected chi connectivity index (χ0v) is 78.3. The smallest absolute Gasteiger partial charge is 0.0755 e. The summed E-state index contributed by atoms with van der Waals surface area (Å²) in [4.78, 5) is 10.0. The van der Waals surface area contributed by atoms with Crippen LogP contribution >= 0.6 is 0 Å². The SMILES string of the molecule is CC1(C)c2cc(-c3ccccc3)ccc2-c2ccc(N(c3ccc4c(c3)C(C)(C)c3cc(-c5cccc(-c6ccc(-c7ccc8c(c7)C(C)(C)c7cc(N(c9ccccc9)c9ccc%10c(c9)C9(c%11ccccc%11-%10)c%10ccccc%10N(c%10ccccc%10)c%10ccccc%109)ccc7-8)c7ccccc67)c5)ccc3-4)c3ccc4c(c3)C3(c5ccccc5-4)c4ccccc4N(c4ccccc4)c4ccccc43)cc21. The summed E-state index contributed by atoms with van der Waals surface area (Å²) < 4.78 is 0. The van der Waals surface area contributed by atoms with E-state index in [1.807, 2.05) is 0 Å². The highest BCUT2D eigenvalue weighted by Gasteiger charge is 2.55. The number of hydrogen-bond donors (Lipinski definition) is 0. The molecule has 28 rings (SSSR count). The van der Waals surface area contributed by atoms with Crippen LogP contribution in [0.2, 0.25) is 0 Å². The predicted octanol–water partition coefficient (Wildman–Crippen LogP) is 35.7. The maximum Gasteiger partial charge on any atom is 0.0755 e. The van der Waals surface area contributed by atoms with Gasteiger partial charge in [-0.1, -0.05) is 369 Å². The zero-order valence-electron chi connectivity index (χ0n) is 78.3. The van der Waals surface area contributed by atoms with Crippen molar-refractivity contribution in [3.05, 3.63) is 551 Å². The van der Waals surface area contributed by atoms with Gasteiger partial charge in [-0.15, -0.1) is 0 Å². The first-order chi connectivity index (χ1) is 68.2. The first-order valence-electron chi connectivity index (χ1n) is 49.0. The molecule has 0 saturated carbocycles. The van der Waals surface area contributed by atoms with Gasteiger partial charge in [0, 0.05) is 61.7 Å². The molecule has 0 aromatic heterocycles. The molecule has 0 atom stereocenters. The Kier molecular flexibility index (Phi) is 17.4. The molecule has 5 aliphatic carbocycles. The van der Waals surface area contributed by atoms with E-state index in [2.05, 4.69) is 534 Å². The number of nitrogens with zero attached hydrogens (tertiary/aromatic N) is 4. The van der Waals surface area contributed by atoms with E-state index >= 15 is 0 Å². The van der Waals surface area contributed by atoms with E-state index in [-0.39, 0.29) is 16.2 Å². The Bertz CT molecular complexity index is 8660. The van der Waals surface area contributed by atoms with E-state index < -0.39 is 10.8 Å². The Labute approximate surface area is 812 Å². The van der Waals surface area contributed by atoms with Crippen molar-refractivity contribution in [2.24, 2.45) is 0 Å². The molecule has 139 heavy (non-hydrogen) atoms. The lowest BCUT2D eigenvalue weighted by Crippen LogP contribution is -2.36. The van der Waals surface area contributed by atoms with Crippen molar-refractivity contribution >= 4 is 79.0 Å². The van der Waals surface area contributed by atoms with Crippen molar-refractivity contribution in [2.75, 3.05) is 19.6 Å². The molecule has 0 N–H and O–H groups in total. The maximum atomic E-state index is 2.58. The Morgan fingerprint density at radius 2 is 0.396 bits per heavy atom. The summed E-state index contributed by atoms with van der Waals surface area (Å²) >= 11 is 0. The van der Waals surface area contributed by atoms with Gasteiger partial charge in [0.1, 0.15) is 0 Å². The lowest BCUT2D eigenvalue weighted by atomic mass is 9.64. The topological polar surface area (TPSA) is 13.0 Å². The van der Waals surface area contributed by atoms with Crippen LogP contribution in [0.25, 0.3) is 111 Å². The summed E-state index contributed by atoms with van der Waals surface area (Å²) in [5.74, 6) is 0. The summed E-state index contributed by atoms with van der Waals surface area (Å²) in [6.07, 6.45) is 0. The van der Waals surface area contributed by atoms with Crippen LogP contribution in [0.5, 0.6) is 0 Å². The zero-order chi connectivity index (χ0) is 92.5. The first kappa shape index (κ1) is 80.5. The second kappa shape index (κ2) is 30.0. The van der Waals surface area contributed by atoms with E-state index in [0.717, 1.165) is 45.5 Å². The number of hydrogen-bond acceptors (Lipinski definition) is 4. The predicted molar refractivity (Wildman–Crippen MR) is 579 cm³/mol. The third kappa shape index (κ3) is 11.5. The third-order valence-electron chi connectivity index (χ3n) is 32.4. The molecule has 0 unspecified atom stereocenters. The van der Waals surface area contributed by atoms with Gasteiger partial charge in [-0.25, -0.2) is 0 Å². The Hall–Kier alpha value is -16.9. The minimum atomic E-state index is -0.652. The molecule has 0 amide bonds. The van der Waals surface area contributed by atoms with Crippen molar-refractivity contribution in [3.63, 3.8) is 0 Å². The summed E-state index contributed by atoms with van der Waals surface area (Å²) in [6, 6.07) is 180. The van der Waals surface area contributed by atoms with Crippen LogP contribution < -0.4 is 19.6 Å². The molecule has 2 heterocycles. The second-order valence-electron chi connectivity index (χ2n) is 40.5. The summed E-state index contributed by atoms with van der Waals surface area (Å²) in [5, 5.41) is 2.46. The van der Waals surface area contributed by atoms with Crippen LogP contribution in [0.1, 0.15) is 119 Å². The second-order valence-corrected chi connectivity index (χ2v) is 40.5. The number of anilines is 12.